The number of rotatable bonds is 0. The predicted molar refractivity (Wildman–Crippen MR) is 27.0 cm³/mol. The maximum absolute atomic E-state index is 4.72. The van der Waals surface area contributed by atoms with Gasteiger partial charge in [-0.3, -0.25) is 0 Å². The van der Waals surface area contributed by atoms with Gasteiger partial charge in [0.05, 0.1) is 0 Å². The van der Waals surface area contributed by atoms with Crippen molar-refractivity contribution in [2.24, 2.45) is 0 Å². The van der Waals surface area contributed by atoms with Gasteiger partial charge in [-0.15, -0.1) is 6.92 Å². The zero-order chi connectivity index (χ0) is 5.41. The minimum atomic E-state index is 1.19. The first-order chi connectivity index (χ1) is 2.91. The summed E-state index contributed by atoms with van der Waals surface area (Å²) in [5, 5.41) is 0. The molecule has 0 spiro atoms. The summed E-state index contributed by atoms with van der Waals surface area (Å²) in [6.07, 6.45) is 1.65. The SMILES string of the molecule is [CH-]=C=CC.[Zn+][Br]. The van der Waals surface area contributed by atoms with E-state index < -0.39 is 0 Å². The summed E-state index contributed by atoms with van der Waals surface area (Å²) in [4.78, 5) is 0. The van der Waals surface area contributed by atoms with Crippen molar-refractivity contribution in [2.45, 2.75) is 6.92 Å². The monoisotopic (exact) mass is 196 g/mol. The summed E-state index contributed by atoms with van der Waals surface area (Å²) >= 11 is 4.25. The predicted octanol–water partition coefficient (Wildman–Crippen LogP) is 1.99. The summed E-state index contributed by atoms with van der Waals surface area (Å²) in [6.45, 7) is 6.54. The maximum atomic E-state index is 4.72. The molecule has 0 N–H and O–H groups in total. The average Bonchev–Trinajstić information content (AvgIpc) is 1.72. The summed E-state index contributed by atoms with van der Waals surface area (Å²) in [5.41, 5.74) is 2.31. The van der Waals surface area contributed by atoms with Crippen molar-refractivity contribution in [3.8, 4) is 0 Å². The van der Waals surface area contributed by atoms with Gasteiger partial charge < -0.3 is 5.73 Å². The normalized spacial score (nSPS) is 4.00. The first kappa shape index (κ1) is 9.80. The minimum absolute atomic E-state index is 1.19. The van der Waals surface area contributed by atoms with Gasteiger partial charge in [0, 0.05) is 0 Å². The molecule has 0 atom stereocenters. The van der Waals surface area contributed by atoms with Crippen LogP contribution in [0, 0.1) is 6.58 Å². The van der Waals surface area contributed by atoms with E-state index >= 15 is 0 Å². The van der Waals surface area contributed by atoms with E-state index in [0.29, 0.717) is 0 Å². The molecule has 0 rings (SSSR count). The molecular weight excluding hydrogens is 193 g/mol. The molecule has 0 bridgehead atoms. The molecule has 0 fully saturated rings. The Bertz CT molecular complexity index is 45.5. The fourth-order valence-electron chi connectivity index (χ4n) is 0. The summed E-state index contributed by atoms with van der Waals surface area (Å²) in [7, 11) is 0. The Morgan fingerprint density at radius 3 is 2.00 bits per heavy atom. The van der Waals surface area contributed by atoms with E-state index in [-0.39, 0.29) is 0 Å². The van der Waals surface area contributed by atoms with E-state index in [1.54, 1.807) is 6.08 Å². The van der Waals surface area contributed by atoms with Crippen molar-refractivity contribution in [1.82, 2.24) is 0 Å². The molecule has 0 aromatic carbocycles. The molecular formula is C4H5BrZn. The van der Waals surface area contributed by atoms with Crippen molar-refractivity contribution in [2.75, 3.05) is 0 Å². The van der Waals surface area contributed by atoms with E-state index in [4.69, 9.17) is 6.58 Å². The van der Waals surface area contributed by atoms with Gasteiger partial charge >= 0.3 is 30.0 Å². The third kappa shape index (κ3) is 23.0. The van der Waals surface area contributed by atoms with E-state index in [2.05, 4.69) is 19.4 Å². The molecule has 0 aliphatic heterocycles. The second kappa shape index (κ2) is 17.5. The quantitative estimate of drug-likeness (QED) is 0.317. The molecule has 0 heterocycles. The molecule has 0 saturated heterocycles. The van der Waals surface area contributed by atoms with Crippen molar-refractivity contribution >= 4 is 13.6 Å². The Hall–Kier alpha value is 0.623. The molecule has 0 unspecified atom stereocenters. The fraction of sp³-hybridized carbons (Fsp3) is 0.250. The van der Waals surface area contributed by atoms with Crippen LogP contribution in [0.2, 0.25) is 0 Å². The van der Waals surface area contributed by atoms with Crippen LogP contribution >= 0.6 is 13.6 Å². The van der Waals surface area contributed by atoms with Gasteiger partial charge in [0.1, 0.15) is 0 Å². The Kier molecular flexibility index (Phi) is 28.5. The summed E-state index contributed by atoms with van der Waals surface area (Å²) < 4.78 is 0. The first-order valence-corrected chi connectivity index (χ1v) is 8.37. The number of allylic oxidation sites excluding steroid dienone is 1. The molecule has 30 valence electrons. The van der Waals surface area contributed by atoms with Crippen LogP contribution in [0.3, 0.4) is 0 Å². The van der Waals surface area contributed by atoms with Crippen LogP contribution < -0.4 is 0 Å². The fourth-order valence-corrected chi connectivity index (χ4v) is 0. The van der Waals surface area contributed by atoms with Gasteiger partial charge in [-0.1, -0.05) is 0 Å². The van der Waals surface area contributed by atoms with Crippen LogP contribution in [0.4, 0.5) is 0 Å². The summed E-state index contributed by atoms with van der Waals surface area (Å²) in [5.74, 6) is 0. The van der Waals surface area contributed by atoms with Crippen molar-refractivity contribution < 1.29 is 16.3 Å². The van der Waals surface area contributed by atoms with Gasteiger partial charge in [-0.2, -0.15) is 6.08 Å². The van der Waals surface area contributed by atoms with Crippen molar-refractivity contribution in [1.29, 1.82) is 0 Å². The Morgan fingerprint density at radius 1 is 1.83 bits per heavy atom. The number of hydrogen-bond acceptors (Lipinski definition) is 0. The van der Waals surface area contributed by atoms with Crippen LogP contribution in [-0.2, 0) is 16.3 Å². The number of halogens is 1. The molecule has 0 aliphatic carbocycles. The standard InChI is InChI=1S/C4H5.BrH.Zn/c1-3-4-2;;/h1,4H,2H3;1H;/q-1;;+2/p-1. The van der Waals surface area contributed by atoms with Crippen LogP contribution in [0.15, 0.2) is 11.8 Å². The molecule has 0 aliphatic rings. The molecule has 0 radical (unpaired) electrons. The zero-order valence-corrected chi connectivity index (χ0v) is 8.29. The zero-order valence-electron chi connectivity index (χ0n) is 3.74. The van der Waals surface area contributed by atoms with Gasteiger partial charge in [0.15, 0.2) is 0 Å². The van der Waals surface area contributed by atoms with Gasteiger partial charge in [0.2, 0.25) is 0 Å². The van der Waals surface area contributed by atoms with Gasteiger partial charge in [-0.05, 0) is 0 Å². The van der Waals surface area contributed by atoms with Crippen LogP contribution in [0.25, 0.3) is 0 Å². The molecule has 2 heteroatoms. The topological polar surface area (TPSA) is 0 Å². The summed E-state index contributed by atoms with van der Waals surface area (Å²) in [6, 6.07) is 0. The third-order valence-electron chi connectivity index (χ3n) is 0.167. The molecule has 0 saturated carbocycles. The molecule has 0 aromatic heterocycles. The van der Waals surface area contributed by atoms with Crippen molar-refractivity contribution in [3.05, 3.63) is 18.4 Å². The molecule has 0 aromatic rings. The van der Waals surface area contributed by atoms with E-state index in [1.807, 2.05) is 6.92 Å². The molecule has 6 heavy (non-hydrogen) atoms. The van der Waals surface area contributed by atoms with E-state index in [0.717, 1.165) is 0 Å². The third-order valence-corrected chi connectivity index (χ3v) is 0.167. The van der Waals surface area contributed by atoms with Gasteiger partial charge in [-0.25, -0.2) is 6.58 Å². The molecule has 0 amide bonds. The van der Waals surface area contributed by atoms with E-state index in [1.165, 1.54) is 16.3 Å². The Balaban J connectivity index is 0. The second-order valence-corrected chi connectivity index (χ2v) is 0.455. The second-order valence-electron chi connectivity index (χ2n) is 0.455. The molecule has 0 nitrogen and oxygen atoms in total. The van der Waals surface area contributed by atoms with E-state index in [9.17, 15) is 0 Å². The Morgan fingerprint density at radius 2 is 2.00 bits per heavy atom. The van der Waals surface area contributed by atoms with Gasteiger partial charge in [0.25, 0.3) is 0 Å². The first-order valence-electron chi connectivity index (χ1n) is 1.42. The van der Waals surface area contributed by atoms with Crippen LogP contribution in [-0.4, -0.2) is 0 Å². The van der Waals surface area contributed by atoms with Crippen molar-refractivity contribution in [3.63, 3.8) is 0 Å². The average molecular weight is 198 g/mol. The van der Waals surface area contributed by atoms with Crippen LogP contribution in [0.1, 0.15) is 6.92 Å². The van der Waals surface area contributed by atoms with Crippen LogP contribution in [0.5, 0.6) is 0 Å². The number of hydrogen-bond donors (Lipinski definition) is 0. The Labute approximate surface area is 55.4 Å².